The minimum absolute atomic E-state index is 0.860. The Balaban J connectivity index is 2.06. The summed E-state index contributed by atoms with van der Waals surface area (Å²) in [5.41, 5.74) is 1.65. The second kappa shape index (κ2) is 2.33. The van der Waals surface area contributed by atoms with Crippen molar-refractivity contribution in [2.75, 3.05) is 13.1 Å². The van der Waals surface area contributed by atoms with Crippen molar-refractivity contribution >= 4 is 11.3 Å². The summed E-state index contributed by atoms with van der Waals surface area (Å²) in [5, 5.41) is 3.48. The molecule has 2 aliphatic rings. The zero-order valence-corrected chi connectivity index (χ0v) is 8.08. The average molecular weight is 179 g/mol. The van der Waals surface area contributed by atoms with Gasteiger partial charge >= 0.3 is 0 Å². The fourth-order valence-electron chi connectivity index (χ4n) is 2.60. The van der Waals surface area contributed by atoms with Gasteiger partial charge in [-0.2, -0.15) is 0 Å². The molecule has 0 bridgehead atoms. The Morgan fingerprint density at radius 3 is 3.33 bits per heavy atom. The molecular weight excluding hydrogens is 166 g/mol. The third-order valence-corrected chi connectivity index (χ3v) is 4.35. The van der Waals surface area contributed by atoms with E-state index in [9.17, 15) is 0 Å². The monoisotopic (exact) mass is 179 g/mol. The predicted molar refractivity (Wildman–Crippen MR) is 51.9 cm³/mol. The Hall–Kier alpha value is -0.340. The van der Waals surface area contributed by atoms with Gasteiger partial charge in [-0.25, -0.2) is 0 Å². The molecule has 2 heterocycles. The maximum atomic E-state index is 3.48. The molecule has 2 unspecified atom stereocenters. The van der Waals surface area contributed by atoms with Crippen molar-refractivity contribution in [3.8, 4) is 0 Å². The lowest BCUT2D eigenvalue weighted by molar-refractivity contribution is 0.567. The van der Waals surface area contributed by atoms with Gasteiger partial charge in [0, 0.05) is 22.2 Å². The highest BCUT2D eigenvalue weighted by atomic mass is 32.1. The lowest BCUT2D eigenvalue weighted by atomic mass is 10.0. The number of aryl methyl sites for hydroxylation is 1. The van der Waals surface area contributed by atoms with Crippen molar-refractivity contribution in [1.29, 1.82) is 0 Å². The van der Waals surface area contributed by atoms with Crippen LogP contribution in [0.5, 0.6) is 0 Å². The first-order valence-electron chi connectivity index (χ1n) is 4.64. The molecule has 1 saturated heterocycles. The van der Waals surface area contributed by atoms with Gasteiger partial charge < -0.3 is 5.32 Å². The summed E-state index contributed by atoms with van der Waals surface area (Å²) in [6.45, 7) is 4.68. The summed E-state index contributed by atoms with van der Waals surface area (Å²) in [7, 11) is 0. The average Bonchev–Trinajstić information content (AvgIpc) is 2.59. The van der Waals surface area contributed by atoms with E-state index in [1.807, 2.05) is 11.3 Å². The zero-order valence-electron chi connectivity index (χ0n) is 7.26. The van der Waals surface area contributed by atoms with Crippen LogP contribution in [0.4, 0.5) is 0 Å². The summed E-state index contributed by atoms with van der Waals surface area (Å²) in [5.74, 6) is 1.78. The number of rotatable bonds is 0. The van der Waals surface area contributed by atoms with E-state index in [0.717, 1.165) is 11.8 Å². The Kier molecular flexibility index (Phi) is 1.38. The quantitative estimate of drug-likeness (QED) is 0.641. The first-order valence-corrected chi connectivity index (χ1v) is 5.46. The maximum Gasteiger partial charge on any atom is 0.0127 e. The number of fused-ring (bicyclic) bond motifs is 3. The Bertz CT molecular complexity index is 316. The standard InChI is InChI=1S/C10H13NS/c1-6-2-7-3-8-4-11-5-9(8)10(7)12-6/h2,8-9,11H,3-5H2,1H3. The van der Waals surface area contributed by atoms with Crippen LogP contribution in [0.25, 0.3) is 0 Å². The molecule has 1 aromatic heterocycles. The van der Waals surface area contributed by atoms with Gasteiger partial charge in [-0.3, -0.25) is 0 Å². The van der Waals surface area contributed by atoms with Gasteiger partial charge in [0.05, 0.1) is 0 Å². The number of nitrogens with one attached hydrogen (secondary N) is 1. The van der Waals surface area contributed by atoms with Crippen molar-refractivity contribution < 1.29 is 0 Å². The molecule has 1 nitrogen and oxygen atoms in total. The van der Waals surface area contributed by atoms with Crippen LogP contribution < -0.4 is 5.32 Å². The molecule has 1 N–H and O–H groups in total. The van der Waals surface area contributed by atoms with Gasteiger partial charge in [-0.05, 0) is 37.4 Å². The molecule has 0 aromatic carbocycles. The SMILES string of the molecule is Cc1cc2c(s1)C1CNCC1C2. The Morgan fingerprint density at radius 2 is 2.42 bits per heavy atom. The van der Waals surface area contributed by atoms with Crippen LogP contribution in [-0.2, 0) is 6.42 Å². The summed E-state index contributed by atoms with van der Waals surface area (Å²) in [6, 6.07) is 2.39. The molecule has 0 amide bonds. The van der Waals surface area contributed by atoms with E-state index in [1.54, 1.807) is 10.4 Å². The van der Waals surface area contributed by atoms with Crippen molar-refractivity contribution in [2.24, 2.45) is 5.92 Å². The van der Waals surface area contributed by atoms with Crippen molar-refractivity contribution in [3.05, 3.63) is 21.4 Å². The van der Waals surface area contributed by atoms with Crippen LogP contribution in [0.3, 0.4) is 0 Å². The summed E-state index contributed by atoms with van der Waals surface area (Å²) < 4.78 is 0. The van der Waals surface area contributed by atoms with Crippen LogP contribution >= 0.6 is 11.3 Å². The first-order chi connectivity index (χ1) is 5.84. The molecule has 0 saturated carbocycles. The highest BCUT2D eigenvalue weighted by Crippen LogP contribution is 2.44. The molecule has 3 rings (SSSR count). The van der Waals surface area contributed by atoms with Crippen molar-refractivity contribution in [1.82, 2.24) is 5.32 Å². The van der Waals surface area contributed by atoms with E-state index < -0.39 is 0 Å². The molecule has 12 heavy (non-hydrogen) atoms. The zero-order chi connectivity index (χ0) is 8.13. The smallest absolute Gasteiger partial charge is 0.0127 e. The van der Waals surface area contributed by atoms with E-state index in [1.165, 1.54) is 24.4 Å². The lowest BCUT2D eigenvalue weighted by Crippen LogP contribution is -2.09. The summed E-state index contributed by atoms with van der Waals surface area (Å²) in [4.78, 5) is 3.17. The minimum atomic E-state index is 0.860. The van der Waals surface area contributed by atoms with Gasteiger partial charge in [0.2, 0.25) is 0 Å². The van der Waals surface area contributed by atoms with Crippen LogP contribution in [0.2, 0.25) is 0 Å². The normalized spacial score (nSPS) is 32.1. The highest BCUT2D eigenvalue weighted by Gasteiger charge is 2.37. The van der Waals surface area contributed by atoms with Gasteiger partial charge in [-0.1, -0.05) is 0 Å². The Morgan fingerprint density at radius 1 is 1.50 bits per heavy atom. The topological polar surface area (TPSA) is 12.0 Å². The second-order valence-electron chi connectivity index (χ2n) is 3.98. The summed E-state index contributed by atoms with van der Waals surface area (Å²) in [6.07, 6.45) is 1.33. The largest absolute Gasteiger partial charge is 0.316 e. The van der Waals surface area contributed by atoms with E-state index in [4.69, 9.17) is 0 Å². The fraction of sp³-hybridized carbons (Fsp3) is 0.600. The Labute approximate surface area is 76.8 Å². The molecule has 0 radical (unpaired) electrons. The lowest BCUT2D eigenvalue weighted by Gasteiger charge is -2.05. The third kappa shape index (κ3) is 0.824. The molecule has 64 valence electrons. The van der Waals surface area contributed by atoms with Crippen LogP contribution in [0.1, 0.15) is 21.2 Å². The van der Waals surface area contributed by atoms with Gasteiger partial charge in [0.25, 0.3) is 0 Å². The van der Waals surface area contributed by atoms with E-state index in [2.05, 4.69) is 18.3 Å². The summed E-state index contributed by atoms with van der Waals surface area (Å²) >= 11 is 2.01. The van der Waals surface area contributed by atoms with Gasteiger partial charge in [0.1, 0.15) is 0 Å². The van der Waals surface area contributed by atoms with Crippen molar-refractivity contribution in [2.45, 2.75) is 19.3 Å². The van der Waals surface area contributed by atoms with Crippen LogP contribution in [0.15, 0.2) is 6.07 Å². The maximum absolute atomic E-state index is 3.48. The van der Waals surface area contributed by atoms with Gasteiger partial charge in [0.15, 0.2) is 0 Å². The number of thiophene rings is 1. The highest BCUT2D eigenvalue weighted by molar-refractivity contribution is 7.12. The molecule has 1 aliphatic carbocycles. The van der Waals surface area contributed by atoms with Crippen LogP contribution in [-0.4, -0.2) is 13.1 Å². The molecular formula is C10H13NS. The van der Waals surface area contributed by atoms with E-state index in [-0.39, 0.29) is 0 Å². The first kappa shape index (κ1) is 7.10. The molecule has 1 aliphatic heterocycles. The van der Waals surface area contributed by atoms with E-state index >= 15 is 0 Å². The number of hydrogen-bond acceptors (Lipinski definition) is 2. The van der Waals surface area contributed by atoms with E-state index in [0.29, 0.717) is 0 Å². The van der Waals surface area contributed by atoms with Crippen molar-refractivity contribution in [3.63, 3.8) is 0 Å². The second-order valence-corrected chi connectivity index (χ2v) is 5.26. The molecule has 0 spiro atoms. The molecule has 2 heteroatoms. The molecule has 2 atom stereocenters. The third-order valence-electron chi connectivity index (χ3n) is 3.12. The predicted octanol–water partition coefficient (Wildman–Crippen LogP) is 1.92. The number of hydrogen-bond donors (Lipinski definition) is 1. The minimum Gasteiger partial charge on any atom is -0.316 e. The van der Waals surface area contributed by atoms with Crippen LogP contribution in [0, 0.1) is 12.8 Å². The molecule has 1 fully saturated rings. The fourth-order valence-corrected chi connectivity index (χ4v) is 3.84. The van der Waals surface area contributed by atoms with Gasteiger partial charge in [-0.15, -0.1) is 11.3 Å². The molecule has 1 aromatic rings.